The molecule has 4 nitrogen and oxygen atoms in total. The molecular weight excluding hydrogens is 211 g/mol. The first-order valence-electron chi connectivity index (χ1n) is 4.72. The highest BCUT2D eigenvalue weighted by molar-refractivity contribution is 5.78. The van der Waals surface area contributed by atoms with Crippen molar-refractivity contribution >= 4 is 5.91 Å². The van der Waals surface area contributed by atoms with Gasteiger partial charge in [-0.15, -0.1) is 0 Å². The van der Waals surface area contributed by atoms with Crippen LogP contribution in [0.1, 0.15) is 6.42 Å². The second kappa shape index (κ2) is 4.80. The maximum atomic E-state index is 12.6. The van der Waals surface area contributed by atoms with Crippen molar-refractivity contribution in [1.82, 2.24) is 10.2 Å². The molecule has 0 bridgehead atoms. The summed E-state index contributed by atoms with van der Waals surface area (Å²) in [5.41, 5.74) is 5.14. The zero-order valence-electron chi connectivity index (χ0n) is 8.18. The van der Waals surface area contributed by atoms with E-state index in [1.807, 2.05) is 0 Å². The summed E-state index contributed by atoms with van der Waals surface area (Å²) in [6.07, 6.45) is -4.49. The van der Waals surface area contributed by atoms with Crippen LogP contribution in [0.3, 0.4) is 0 Å². The van der Waals surface area contributed by atoms with E-state index >= 15 is 0 Å². The number of alkyl halides is 3. The molecule has 0 aromatic carbocycles. The number of carbonyl (C=O) groups excluding carboxylic acids is 1. The van der Waals surface area contributed by atoms with Gasteiger partial charge < -0.3 is 11.1 Å². The van der Waals surface area contributed by atoms with E-state index in [2.05, 4.69) is 5.32 Å². The number of hydrogen-bond acceptors (Lipinski definition) is 3. The van der Waals surface area contributed by atoms with Crippen LogP contribution in [0, 0.1) is 0 Å². The molecule has 1 amide bonds. The summed E-state index contributed by atoms with van der Waals surface area (Å²) in [5.74, 6) is -0.368. The third-order valence-corrected chi connectivity index (χ3v) is 2.33. The first-order chi connectivity index (χ1) is 6.95. The van der Waals surface area contributed by atoms with Gasteiger partial charge in [-0.05, 0) is 13.0 Å². The molecule has 15 heavy (non-hydrogen) atoms. The van der Waals surface area contributed by atoms with Gasteiger partial charge in [-0.1, -0.05) is 0 Å². The first-order valence-corrected chi connectivity index (χ1v) is 4.72. The van der Waals surface area contributed by atoms with E-state index in [0.29, 0.717) is 0 Å². The molecule has 0 aliphatic carbocycles. The number of piperazine rings is 1. The molecule has 7 heteroatoms. The van der Waals surface area contributed by atoms with Crippen LogP contribution < -0.4 is 11.1 Å². The Kier molecular flexibility index (Phi) is 3.92. The van der Waals surface area contributed by atoms with Gasteiger partial charge in [0, 0.05) is 13.1 Å². The molecule has 1 aliphatic rings. The molecule has 1 rings (SSSR count). The Balaban J connectivity index is 2.66. The first kappa shape index (κ1) is 12.3. The summed E-state index contributed by atoms with van der Waals surface area (Å²) in [6, 6.07) is -1.60. The van der Waals surface area contributed by atoms with Crippen molar-refractivity contribution in [1.29, 1.82) is 0 Å². The van der Waals surface area contributed by atoms with Crippen molar-refractivity contribution in [3.8, 4) is 0 Å². The van der Waals surface area contributed by atoms with Gasteiger partial charge in [0.25, 0.3) is 0 Å². The molecule has 0 saturated carbocycles. The van der Waals surface area contributed by atoms with E-state index in [1.54, 1.807) is 0 Å². The van der Waals surface area contributed by atoms with Crippen LogP contribution in [0.4, 0.5) is 13.2 Å². The van der Waals surface area contributed by atoms with Crippen LogP contribution >= 0.6 is 0 Å². The van der Waals surface area contributed by atoms with Gasteiger partial charge >= 0.3 is 6.18 Å². The Bertz CT molecular complexity index is 232. The van der Waals surface area contributed by atoms with Crippen LogP contribution in [0.25, 0.3) is 0 Å². The number of carbonyl (C=O) groups is 1. The fourth-order valence-electron chi connectivity index (χ4n) is 1.64. The molecule has 0 radical (unpaired) electrons. The number of amides is 1. The largest absolute Gasteiger partial charge is 0.404 e. The lowest BCUT2D eigenvalue weighted by Gasteiger charge is -2.35. The predicted molar refractivity (Wildman–Crippen MR) is 48.1 cm³/mol. The molecule has 0 aromatic heterocycles. The minimum absolute atomic E-state index is 0.0394. The standard InChI is InChI=1S/C8H14F3N3O/c9-8(10,11)6(1-2-12)14-4-3-13-7(15)5-14/h6H,1-5,12H2,(H,13,15). The van der Waals surface area contributed by atoms with Gasteiger partial charge in [0.2, 0.25) is 5.91 Å². The summed E-state index contributed by atoms with van der Waals surface area (Å²) in [7, 11) is 0. The molecule has 1 aliphatic heterocycles. The van der Waals surface area contributed by atoms with E-state index in [9.17, 15) is 18.0 Å². The minimum Gasteiger partial charge on any atom is -0.354 e. The molecule has 88 valence electrons. The van der Waals surface area contributed by atoms with Gasteiger partial charge in [-0.2, -0.15) is 13.2 Å². The average Bonchev–Trinajstić information content (AvgIpc) is 2.12. The number of rotatable bonds is 3. The van der Waals surface area contributed by atoms with Gasteiger partial charge in [0.1, 0.15) is 6.04 Å². The highest BCUT2D eigenvalue weighted by Gasteiger charge is 2.43. The van der Waals surface area contributed by atoms with Crippen molar-refractivity contribution in [3.63, 3.8) is 0 Å². The van der Waals surface area contributed by atoms with Gasteiger partial charge in [0.05, 0.1) is 6.54 Å². The lowest BCUT2D eigenvalue weighted by molar-refractivity contribution is -0.187. The number of nitrogens with zero attached hydrogens (tertiary/aromatic N) is 1. The Hall–Kier alpha value is -0.820. The lowest BCUT2D eigenvalue weighted by atomic mass is 10.1. The fraction of sp³-hybridized carbons (Fsp3) is 0.875. The van der Waals surface area contributed by atoms with Crippen molar-refractivity contribution in [2.45, 2.75) is 18.6 Å². The topological polar surface area (TPSA) is 58.4 Å². The van der Waals surface area contributed by atoms with E-state index in [0.717, 1.165) is 4.90 Å². The third kappa shape index (κ3) is 3.35. The van der Waals surface area contributed by atoms with Crippen molar-refractivity contribution < 1.29 is 18.0 Å². The number of nitrogens with two attached hydrogens (primary N) is 1. The van der Waals surface area contributed by atoms with Crippen LogP contribution in [-0.4, -0.2) is 49.2 Å². The molecule has 0 aromatic rings. The predicted octanol–water partition coefficient (Wildman–Crippen LogP) is -0.302. The van der Waals surface area contributed by atoms with Crippen LogP contribution in [0.15, 0.2) is 0 Å². The highest BCUT2D eigenvalue weighted by Crippen LogP contribution is 2.27. The van der Waals surface area contributed by atoms with Gasteiger partial charge in [0.15, 0.2) is 0 Å². The number of nitrogens with one attached hydrogen (secondary N) is 1. The summed E-state index contributed by atoms with van der Waals surface area (Å²) in [4.78, 5) is 12.1. The fourth-order valence-corrected chi connectivity index (χ4v) is 1.64. The monoisotopic (exact) mass is 225 g/mol. The smallest absolute Gasteiger partial charge is 0.354 e. The number of halogens is 3. The molecule has 1 heterocycles. The van der Waals surface area contributed by atoms with Crippen molar-refractivity contribution in [3.05, 3.63) is 0 Å². The van der Waals surface area contributed by atoms with Crippen molar-refractivity contribution in [2.24, 2.45) is 5.73 Å². The molecule has 1 unspecified atom stereocenters. The molecule has 1 saturated heterocycles. The Morgan fingerprint density at radius 1 is 1.53 bits per heavy atom. The van der Waals surface area contributed by atoms with E-state index in [-0.39, 0.29) is 38.5 Å². The normalized spacial score (nSPS) is 21.2. The van der Waals surface area contributed by atoms with E-state index in [1.165, 1.54) is 0 Å². The second-order valence-corrected chi connectivity index (χ2v) is 3.46. The van der Waals surface area contributed by atoms with Crippen LogP contribution in [-0.2, 0) is 4.79 Å². The SMILES string of the molecule is NCCC(N1CCNC(=O)C1)C(F)(F)F. The minimum atomic E-state index is -4.32. The zero-order valence-corrected chi connectivity index (χ0v) is 8.18. The second-order valence-electron chi connectivity index (χ2n) is 3.46. The molecule has 1 atom stereocenters. The van der Waals surface area contributed by atoms with Gasteiger partial charge in [-0.25, -0.2) is 0 Å². The molecular formula is C8H14F3N3O. The lowest BCUT2D eigenvalue weighted by Crippen LogP contribution is -2.56. The molecule has 3 N–H and O–H groups in total. The third-order valence-electron chi connectivity index (χ3n) is 2.33. The summed E-state index contributed by atoms with van der Waals surface area (Å²) >= 11 is 0. The van der Waals surface area contributed by atoms with Crippen LogP contribution in [0.2, 0.25) is 0 Å². The summed E-state index contributed by atoms with van der Waals surface area (Å²) in [6.45, 7) is 0.234. The summed E-state index contributed by atoms with van der Waals surface area (Å²) < 4.78 is 37.8. The number of hydrogen-bond donors (Lipinski definition) is 2. The van der Waals surface area contributed by atoms with Crippen molar-refractivity contribution in [2.75, 3.05) is 26.2 Å². The van der Waals surface area contributed by atoms with Crippen LogP contribution in [0.5, 0.6) is 0 Å². The van der Waals surface area contributed by atoms with Gasteiger partial charge in [-0.3, -0.25) is 9.69 Å². The molecule has 0 spiro atoms. The Morgan fingerprint density at radius 2 is 2.20 bits per heavy atom. The van der Waals surface area contributed by atoms with E-state index in [4.69, 9.17) is 5.73 Å². The maximum absolute atomic E-state index is 12.6. The Labute approximate surface area is 85.6 Å². The average molecular weight is 225 g/mol. The quantitative estimate of drug-likeness (QED) is 0.693. The maximum Gasteiger partial charge on any atom is 0.404 e. The highest BCUT2D eigenvalue weighted by atomic mass is 19.4. The zero-order chi connectivity index (χ0) is 11.5. The Morgan fingerprint density at radius 3 is 2.67 bits per heavy atom. The summed E-state index contributed by atoms with van der Waals surface area (Å²) in [5, 5.41) is 2.48. The van der Waals surface area contributed by atoms with E-state index < -0.39 is 12.2 Å². The molecule has 1 fully saturated rings.